The third-order valence-corrected chi connectivity index (χ3v) is 5.77. The van der Waals surface area contributed by atoms with Crippen LogP contribution in [-0.2, 0) is 22.9 Å². The highest BCUT2D eigenvalue weighted by molar-refractivity contribution is 7.89. The Balaban J connectivity index is 1.91. The predicted molar refractivity (Wildman–Crippen MR) is 79.0 cm³/mol. The fourth-order valence-electron chi connectivity index (χ4n) is 2.68. The zero-order chi connectivity index (χ0) is 14.9. The topological polar surface area (TPSA) is 37.4 Å². The first-order chi connectivity index (χ1) is 10.1. The first kappa shape index (κ1) is 14.2. The second kappa shape index (κ2) is 5.58. The summed E-state index contributed by atoms with van der Waals surface area (Å²) in [5.41, 5.74) is 2.34. The van der Waals surface area contributed by atoms with Gasteiger partial charge in [0, 0.05) is 13.1 Å². The van der Waals surface area contributed by atoms with Gasteiger partial charge in [-0.3, -0.25) is 0 Å². The Hall–Kier alpha value is -1.72. The number of hydrogen-bond donors (Lipinski definition) is 0. The molecule has 21 heavy (non-hydrogen) atoms. The van der Waals surface area contributed by atoms with Crippen LogP contribution in [0.25, 0.3) is 0 Å². The Morgan fingerprint density at radius 1 is 0.857 bits per heavy atom. The van der Waals surface area contributed by atoms with E-state index in [9.17, 15) is 12.8 Å². The van der Waals surface area contributed by atoms with Crippen LogP contribution in [0, 0.1) is 5.82 Å². The van der Waals surface area contributed by atoms with Gasteiger partial charge in [0.25, 0.3) is 0 Å². The van der Waals surface area contributed by atoms with Gasteiger partial charge in [-0.1, -0.05) is 36.4 Å². The Kier molecular flexibility index (Phi) is 3.78. The Labute approximate surface area is 124 Å². The highest BCUT2D eigenvalue weighted by Crippen LogP contribution is 2.23. The molecule has 0 spiro atoms. The van der Waals surface area contributed by atoms with Crippen LogP contribution in [0.3, 0.4) is 0 Å². The molecule has 1 aliphatic rings. The molecule has 0 amide bonds. The molecule has 2 aromatic rings. The molecule has 0 atom stereocenters. The lowest BCUT2D eigenvalue weighted by Crippen LogP contribution is -2.33. The van der Waals surface area contributed by atoms with Crippen LogP contribution in [0.5, 0.6) is 0 Å². The van der Waals surface area contributed by atoms with Crippen molar-refractivity contribution >= 4 is 10.0 Å². The first-order valence-electron chi connectivity index (χ1n) is 6.90. The highest BCUT2D eigenvalue weighted by Gasteiger charge is 2.28. The summed E-state index contributed by atoms with van der Waals surface area (Å²) < 4.78 is 40.4. The van der Waals surface area contributed by atoms with E-state index in [0.29, 0.717) is 25.9 Å². The van der Waals surface area contributed by atoms with E-state index >= 15 is 0 Å². The van der Waals surface area contributed by atoms with Crippen molar-refractivity contribution < 1.29 is 12.8 Å². The van der Waals surface area contributed by atoms with E-state index in [1.165, 1.54) is 33.6 Å². The molecule has 0 N–H and O–H groups in total. The summed E-state index contributed by atoms with van der Waals surface area (Å²) >= 11 is 0. The third-order valence-electron chi connectivity index (χ3n) is 3.83. The van der Waals surface area contributed by atoms with Crippen LogP contribution < -0.4 is 0 Å². The summed E-state index contributed by atoms with van der Waals surface area (Å²) in [4.78, 5) is -0.240. The van der Waals surface area contributed by atoms with Gasteiger partial charge in [0.15, 0.2) is 0 Å². The molecule has 0 saturated carbocycles. The van der Waals surface area contributed by atoms with Crippen LogP contribution in [0.2, 0.25) is 0 Å². The van der Waals surface area contributed by atoms with Crippen molar-refractivity contribution in [3.63, 3.8) is 0 Å². The molecule has 1 aliphatic heterocycles. The molecule has 2 aromatic carbocycles. The van der Waals surface area contributed by atoms with Gasteiger partial charge in [-0.15, -0.1) is 0 Å². The number of rotatable bonds is 2. The minimum atomic E-state index is -3.78. The number of benzene rings is 2. The first-order valence-corrected chi connectivity index (χ1v) is 8.34. The molecule has 0 aliphatic carbocycles. The Morgan fingerprint density at radius 2 is 1.38 bits per heavy atom. The maximum Gasteiger partial charge on any atom is 0.246 e. The molecular formula is C16H16FNO2S. The average molecular weight is 305 g/mol. The van der Waals surface area contributed by atoms with E-state index < -0.39 is 15.8 Å². The largest absolute Gasteiger partial charge is 0.246 e. The fraction of sp³-hybridized carbons (Fsp3) is 0.250. The van der Waals surface area contributed by atoms with Gasteiger partial charge in [-0.05, 0) is 36.1 Å². The van der Waals surface area contributed by atoms with Crippen LogP contribution >= 0.6 is 0 Å². The SMILES string of the molecule is O=S(=O)(c1ccccc1F)N1CCc2ccccc2CC1. The number of nitrogens with zero attached hydrogens (tertiary/aromatic N) is 1. The van der Waals surface area contributed by atoms with Crippen LogP contribution in [0.4, 0.5) is 4.39 Å². The lowest BCUT2D eigenvalue weighted by atomic mass is 10.0. The van der Waals surface area contributed by atoms with Crippen LogP contribution in [0.1, 0.15) is 11.1 Å². The lowest BCUT2D eigenvalue weighted by molar-refractivity contribution is 0.422. The number of fused-ring (bicyclic) bond motifs is 1. The zero-order valence-electron chi connectivity index (χ0n) is 11.5. The van der Waals surface area contributed by atoms with E-state index in [-0.39, 0.29) is 4.90 Å². The molecule has 0 radical (unpaired) electrons. The van der Waals surface area contributed by atoms with Crippen molar-refractivity contribution in [3.05, 3.63) is 65.5 Å². The smallest absolute Gasteiger partial charge is 0.207 e. The third kappa shape index (κ3) is 2.71. The molecule has 3 rings (SSSR count). The summed E-state index contributed by atoms with van der Waals surface area (Å²) in [7, 11) is -3.78. The molecule has 1 heterocycles. The molecule has 3 nitrogen and oxygen atoms in total. The standard InChI is InChI=1S/C16H16FNO2S/c17-15-7-3-4-8-16(15)21(19,20)18-11-9-13-5-1-2-6-14(13)10-12-18/h1-8H,9-12H2. The van der Waals surface area contributed by atoms with Crippen molar-refractivity contribution in [1.29, 1.82) is 0 Å². The summed E-state index contributed by atoms with van der Waals surface area (Å²) in [6, 6.07) is 13.5. The van der Waals surface area contributed by atoms with Crippen molar-refractivity contribution in [2.75, 3.05) is 13.1 Å². The molecule has 0 unspecified atom stereocenters. The van der Waals surface area contributed by atoms with Crippen molar-refractivity contribution in [2.45, 2.75) is 17.7 Å². The zero-order valence-corrected chi connectivity index (χ0v) is 12.3. The second-order valence-electron chi connectivity index (χ2n) is 5.10. The van der Waals surface area contributed by atoms with Crippen molar-refractivity contribution in [1.82, 2.24) is 4.31 Å². The quantitative estimate of drug-likeness (QED) is 0.855. The minimum Gasteiger partial charge on any atom is -0.207 e. The van der Waals surface area contributed by atoms with Gasteiger partial charge in [-0.2, -0.15) is 4.31 Å². The number of hydrogen-bond acceptors (Lipinski definition) is 2. The van der Waals surface area contributed by atoms with E-state index in [2.05, 4.69) is 0 Å². The predicted octanol–water partition coefficient (Wildman–Crippen LogP) is 2.62. The summed E-state index contributed by atoms with van der Waals surface area (Å²) in [5, 5.41) is 0. The van der Waals surface area contributed by atoms with Gasteiger partial charge in [0.05, 0.1) is 0 Å². The van der Waals surface area contributed by atoms with Crippen molar-refractivity contribution in [2.24, 2.45) is 0 Å². The molecule has 0 saturated heterocycles. The summed E-state index contributed by atoms with van der Waals surface area (Å²) in [5.74, 6) is -0.695. The molecule has 5 heteroatoms. The van der Waals surface area contributed by atoms with Crippen LogP contribution in [0.15, 0.2) is 53.4 Å². The van der Waals surface area contributed by atoms with Crippen molar-refractivity contribution in [3.8, 4) is 0 Å². The normalized spacial score (nSPS) is 16.2. The molecule has 0 bridgehead atoms. The van der Waals surface area contributed by atoms with Crippen LogP contribution in [-0.4, -0.2) is 25.8 Å². The second-order valence-corrected chi connectivity index (χ2v) is 7.01. The van der Waals surface area contributed by atoms with Gasteiger partial charge in [0.1, 0.15) is 10.7 Å². The number of sulfonamides is 1. The maximum absolute atomic E-state index is 13.8. The average Bonchev–Trinajstić information content (AvgIpc) is 2.70. The molecule has 0 aromatic heterocycles. The monoisotopic (exact) mass is 305 g/mol. The maximum atomic E-state index is 13.8. The minimum absolute atomic E-state index is 0.240. The van der Waals surface area contributed by atoms with E-state index in [1.807, 2.05) is 24.3 Å². The summed E-state index contributed by atoms with van der Waals surface area (Å²) in [6.07, 6.45) is 1.31. The molecule has 110 valence electrons. The van der Waals surface area contributed by atoms with E-state index in [0.717, 1.165) is 0 Å². The van der Waals surface area contributed by atoms with Gasteiger partial charge in [0.2, 0.25) is 10.0 Å². The summed E-state index contributed by atoms with van der Waals surface area (Å²) in [6.45, 7) is 0.765. The van der Waals surface area contributed by atoms with E-state index in [1.54, 1.807) is 6.07 Å². The van der Waals surface area contributed by atoms with Gasteiger partial charge >= 0.3 is 0 Å². The Morgan fingerprint density at radius 3 is 1.95 bits per heavy atom. The highest BCUT2D eigenvalue weighted by atomic mass is 32.2. The fourth-order valence-corrected chi connectivity index (χ4v) is 4.19. The van der Waals surface area contributed by atoms with E-state index in [4.69, 9.17) is 0 Å². The van der Waals surface area contributed by atoms with Gasteiger partial charge in [-0.25, -0.2) is 12.8 Å². The number of halogens is 1. The Bertz CT molecular complexity index is 731. The molecular weight excluding hydrogens is 289 g/mol. The van der Waals surface area contributed by atoms with Gasteiger partial charge < -0.3 is 0 Å². The lowest BCUT2D eigenvalue weighted by Gasteiger charge is -2.20. The molecule has 0 fully saturated rings.